The summed E-state index contributed by atoms with van der Waals surface area (Å²) in [6.45, 7) is 2.28. The Morgan fingerprint density at radius 3 is 2.18 bits per heavy atom. The number of amides is 1. The van der Waals surface area contributed by atoms with Crippen LogP contribution in [0.25, 0.3) is 22.9 Å². The van der Waals surface area contributed by atoms with Crippen molar-refractivity contribution in [1.82, 2.24) is 29.9 Å². The van der Waals surface area contributed by atoms with Crippen LogP contribution in [0.4, 0.5) is 5.82 Å². The van der Waals surface area contributed by atoms with E-state index in [4.69, 9.17) is 18.9 Å². The fraction of sp³-hybridized carbons (Fsp3) is 0.296. The van der Waals surface area contributed by atoms with Gasteiger partial charge in [-0.3, -0.25) is 4.79 Å². The van der Waals surface area contributed by atoms with Crippen LogP contribution in [0.2, 0.25) is 0 Å². The number of hydrogen-bond donors (Lipinski definition) is 0. The quantitative estimate of drug-likeness (QED) is 0.314. The largest absolute Gasteiger partial charge is 0.497 e. The SMILES string of the molecule is COc1ccc(-n2nnc3c(N4CCN(C(=O)/C=C\c5cc(OC)c(OC)c(OC)c5)CC4)ncnc32)cc1. The Morgan fingerprint density at radius 1 is 0.872 bits per heavy atom. The van der Waals surface area contributed by atoms with E-state index in [-0.39, 0.29) is 5.91 Å². The van der Waals surface area contributed by atoms with Crippen molar-refractivity contribution < 1.29 is 23.7 Å². The number of fused-ring (bicyclic) bond motifs is 1. The van der Waals surface area contributed by atoms with Crippen molar-refractivity contribution >= 4 is 29.0 Å². The summed E-state index contributed by atoms with van der Waals surface area (Å²) < 4.78 is 23.1. The molecule has 4 aromatic rings. The van der Waals surface area contributed by atoms with Gasteiger partial charge in [0, 0.05) is 32.3 Å². The van der Waals surface area contributed by atoms with Crippen molar-refractivity contribution in [1.29, 1.82) is 0 Å². The molecule has 12 nitrogen and oxygen atoms in total. The van der Waals surface area contributed by atoms with Gasteiger partial charge in [0.25, 0.3) is 0 Å². The van der Waals surface area contributed by atoms with E-state index in [2.05, 4.69) is 25.2 Å². The Labute approximate surface area is 225 Å². The van der Waals surface area contributed by atoms with E-state index in [0.29, 0.717) is 60.4 Å². The van der Waals surface area contributed by atoms with Crippen molar-refractivity contribution in [2.45, 2.75) is 0 Å². The van der Waals surface area contributed by atoms with Gasteiger partial charge in [-0.1, -0.05) is 5.21 Å². The topological polar surface area (TPSA) is 117 Å². The lowest BCUT2D eigenvalue weighted by molar-refractivity contribution is -0.126. The summed E-state index contributed by atoms with van der Waals surface area (Å²) in [4.78, 5) is 25.7. The third kappa shape index (κ3) is 5.13. The first-order chi connectivity index (χ1) is 19.1. The van der Waals surface area contributed by atoms with Gasteiger partial charge in [-0.15, -0.1) is 5.10 Å². The second-order valence-corrected chi connectivity index (χ2v) is 8.67. The minimum Gasteiger partial charge on any atom is -0.497 e. The molecule has 2 aromatic heterocycles. The van der Waals surface area contributed by atoms with E-state index in [1.807, 2.05) is 24.3 Å². The highest BCUT2D eigenvalue weighted by atomic mass is 16.5. The zero-order valence-corrected chi connectivity index (χ0v) is 22.2. The lowest BCUT2D eigenvalue weighted by Gasteiger charge is -2.34. The number of hydrogen-bond acceptors (Lipinski definition) is 10. The van der Waals surface area contributed by atoms with E-state index < -0.39 is 0 Å². The maximum Gasteiger partial charge on any atom is 0.246 e. The van der Waals surface area contributed by atoms with Gasteiger partial charge in [-0.05, 0) is 48.0 Å². The van der Waals surface area contributed by atoms with E-state index in [9.17, 15) is 4.79 Å². The second-order valence-electron chi connectivity index (χ2n) is 8.67. The molecular formula is C27H29N7O5. The molecule has 12 heteroatoms. The number of carbonyl (C=O) groups is 1. The summed E-state index contributed by atoms with van der Waals surface area (Å²) in [6.07, 6.45) is 4.81. The number of anilines is 1. The zero-order chi connectivity index (χ0) is 27.4. The molecule has 0 spiro atoms. The van der Waals surface area contributed by atoms with Gasteiger partial charge >= 0.3 is 0 Å². The number of rotatable bonds is 8. The Morgan fingerprint density at radius 2 is 1.56 bits per heavy atom. The first kappa shape index (κ1) is 25.8. The summed E-state index contributed by atoms with van der Waals surface area (Å²) in [5, 5.41) is 8.67. The predicted molar refractivity (Wildman–Crippen MR) is 145 cm³/mol. The Balaban J connectivity index is 1.27. The Bertz CT molecular complexity index is 1470. The summed E-state index contributed by atoms with van der Waals surface area (Å²) in [5.74, 6) is 2.92. The van der Waals surface area contributed by atoms with Crippen molar-refractivity contribution in [2.75, 3.05) is 59.5 Å². The average molecular weight is 532 g/mol. The highest BCUT2D eigenvalue weighted by Gasteiger charge is 2.24. The summed E-state index contributed by atoms with van der Waals surface area (Å²) >= 11 is 0. The minimum atomic E-state index is -0.0818. The van der Waals surface area contributed by atoms with E-state index in [1.165, 1.54) is 6.33 Å². The number of ether oxygens (including phenoxy) is 4. The molecule has 1 aliphatic rings. The number of carbonyl (C=O) groups excluding carboxylic acids is 1. The van der Waals surface area contributed by atoms with Gasteiger partial charge in [0.05, 0.1) is 34.1 Å². The molecule has 0 saturated carbocycles. The zero-order valence-electron chi connectivity index (χ0n) is 22.2. The molecule has 0 bridgehead atoms. The fourth-order valence-corrected chi connectivity index (χ4v) is 4.47. The fourth-order valence-electron chi connectivity index (χ4n) is 4.47. The van der Waals surface area contributed by atoms with E-state index in [1.54, 1.807) is 62.3 Å². The maximum atomic E-state index is 12.9. The molecule has 202 valence electrons. The van der Waals surface area contributed by atoms with Crippen molar-refractivity contribution in [3.8, 4) is 28.7 Å². The first-order valence-corrected chi connectivity index (χ1v) is 12.3. The molecule has 0 atom stereocenters. The highest BCUT2D eigenvalue weighted by Crippen LogP contribution is 2.38. The summed E-state index contributed by atoms with van der Waals surface area (Å²) in [7, 11) is 6.29. The highest BCUT2D eigenvalue weighted by molar-refractivity contribution is 5.92. The molecule has 0 N–H and O–H groups in total. The first-order valence-electron chi connectivity index (χ1n) is 12.3. The molecule has 0 aliphatic carbocycles. The Kier molecular flexibility index (Phi) is 7.43. The van der Waals surface area contributed by atoms with Crippen LogP contribution in [0, 0.1) is 0 Å². The smallest absolute Gasteiger partial charge is 0.246 e. The third-order valence-corrected chi connectivity index (χ3v) is 6.53. The lowest BCUT2D eigenvalue weighted by atomic mass is 10.1. The van der Waals surface area contributed by atoms with Gasteiger partial charge in [0.2, 0.25) is 11.7 Å². The third-order valence-electron chi connectivity index (χ3n) is 6.53. The number of benzene rings is 2. The van der Waals surface area contributed by atoms with E-state index >= 15 is 0 Å². The lowest BCUT2D eigenvalue weighted by Crippen LogP contribution is -2.48. The van der Waals surface area contributed by atoms with Crippen molar-refractivity contribution in [3.63, 3.8) is 0 Å². The van der Waals surface area contributed by atoms with Crippen LogP contribution in [0.1, 0.15) is 5.56 Å². The molecule has 0 unspecified atom stereocenters. The minimum absolute atomic E-state index is 0.0818. The normalized spacial score (nSPS) is 13.6. The molecule has 0 radical (unpaired) electrons. The Hall–Kier alpha value is -4.87. The summed E-state index contributed by atoms with van der Waals surface area (Å²) in [6, 6.07) is 11.1. The van der Waals surface area contributed by atoms with Crippen LogP contribution < -0.4 is 23.8 Å². The van der Waals surface area contributed by atoms with Crippen molar-refractivity contribution in [2.24, 2.45) is 0 Å². The summed E-state index contributed by atoms with van der Waals surface area (Å²) in [5.41, 5.74) is 2.80. The van der Waals surface area contributed by atoms with Gasteiger partial charge in [0.1, 0.15) is 12.1 Å². The number of methoxy groups -OCH3 is 4. The van der Waals surface area contributed by atoms with Crippen LogP contribution in [0.15, 0.2) is 48.8 Å². The van der Waals surface area contributed by atoms with Gasteiger partial charge < -0.3 is 28.7 Å². The molecule has 5 rings (SSSR count). The molecule has 1 aliphatic heterocycles. The van der Waals surface area contributed by atoms with Crippen LogP contribution >= 0.6 is 0 Å². The molecule has 3 heterocycles. The standard InChI is InChI=1S/C27H29N7O5/c1-36-20-8-6-19(7-9-20)34-27-24(30-31-34)26(28-17-29-27)33-13-11-32(12-14-33)23(35)10-5-18-15-21(37-2)25(39-4)22(16-18)38-3/h5-10,15-17H,11-14H2,1-4H3/b10-5-. The van der Waals surface area contributed by atoms with Gasteiger partial charge in [0.15, 0.2) is 28.5 Å². The van der Waals surface area contributed by atoms with Crippen LogP contribution in [-0.2, 0) is 4.79 Å². The van der Waals surface area contributed by atoms with E-state index in [0.717, 1.165) is 17.0 Å². The van der Waals surface area contributed by atoms with Crippen molar-refractivity contribution in [3.05, 3.63) is 54.4 Å². The van der Waals surface area contributed by atoms with Crippen LogP contribution in [0.3, 0.4) is 0 Å². The van der Waals surface area contributed by atoms with Crippen LogP contribution in [-0.4, -0.2) is 90.4 Å². The number of aromatic nitrogens is 5. The number of nitrogens with zero attached hydrogens (tertiary/aromatic N) is 7. The van der Waals surface area contributed by atoms with Gasteiger partial charge in [-0.25, -0.2) is 9.97 Å². The molecule has 1 amide bonds. The molecule has 2 aromatic carbocycles. The molecule has 1 fully saturated rings. The van der Waals surface area contributed by atoms with Gasteiger partial charge in [-0.2, -0.15) is 4.68 Å². The predicted octanol–water partition coefficient (Wildman–Crippen LogP) is 2.61. The molecule has 1 saturated heterocycles. The maximum absolute atomic E-state index is 12.9. The van der Waals surface area contributed by atoms with Crippen LogP contribution in [0.5, 0.6) is 23.0 Å². The average Bonchev–Trinajstić information content (AvgIpc) is 3.43. The second kappa shape index (κ2) is 11.3. The monoisotopic (exact) mass is 531 g/mol. The number of piperazine rings is 1. The molecule has 39 heavy (non-hydrogen) atoms. The molecular weight excluding hydrogens is 502 g/mol.